The molecule has 178 valence electrons. The summed E-state index contributed by atoms with van der Waals surface area (Å²) in [6, 6.07) is 15.2. The number of hydrogen-bond acceptors (Lipinski definition) is 8. The number of imidazole rings is 1. The zero-order valence-corrected chi connectivity index (χ0v) is 19.7. The predicted molar refractivity (Wildman–Crippen MR) is 131 cm³/mol. The summed E-state index contributed by atoms with van der Waals surface area (Å²) >= 11 is 0. The van der Waals surface area contributed by atoms with Crippen molar-refractivity contribution in [3.63, 3.8) is 0 Å². The first-order valence-electron chi connectivity index (χ1n) is 10.7. The van der Waals surface area contributed by atoms with Crippen molar-refractivity contribution in [2.24, 2.45) is 0 Å². The standard InChI is InChI=1S/C25H24N6O4/c1-32-18-9-7-16(8-10-18)24-28-22-6-5-11-31(22)25(29-24)27-21-14-30(15-26-21)17-12-19(33-2)23(35-4)20(13-17)34-3/h5-15H,1-4H3,(H,27,28,29). The van der Waals surface area contributed by atoms with E-state index in [0.717, 1.165) is 22.6 Å². The van der Waals surface area contributed by atoms with Crippen molar-refractivity contribution in [3.8, 4) is 40.1 Å². The molecular weight excluding hydrogens is 448 g/mol. The third-order valence-corrected chi connectivity index (χ3v) is 5.51. The zero-order chi connectivity index (χ0) is 24.4. The van der Waals surface area contributed by atoms with Gasteiger partial charge in [0.25, 0.3) is 0 Å². The SMILES string of the molecule is COc1ccc(-c2nc(Nc3cn(-c4cc(OC)c(OC)c(OC)c4)cn3)n3cccc3n2)cc1. The number of hydrogen-bond donors (Lipinski definition) is 1. The first-order chi connectivity index (χ1) is 17.1. The van der Waals surface area contributed by atoms with Gasteiger partial charge in [-0.3, -0.25) is 4.40 Å². The molecule has 0 saturated carbocycles. The summed E-state index contributed by atoms with van der Waals surface area (Å²) in [7, 11) is 6.38. The molecule has 5 rings (SSSR count). The number of nitrogens with one attached hydrogen (secondary N) is 1. The summed E-state index contributed by atoms with van der Waals surface area (Å²) in [6.45, 7) is 0. The second-order valence-electron chi connectivity index (χ2n) is 7.51. The van der Waals surface area contributed by atoms with Gasteiger partial charge >= 0.3 is 0 Å². The van der Waals surface area contributed by atoms with Crippen molar-refractivity contribution < 1.29 is 18.9 Å². The number of aromatic nitrogens is 5. The predicted octanol–water partition coefficient (Wildman–Crippen LogP) is 4.36. The quantitative estimate of drug-likeness (QED) is 0.356. The normalized spacial score (nSPS) is 10.9. The molecule has 5 aromatic rings. The van der Waals surface area contributed by atoms with Crippen molar-refractivity contribution in [2.75, 3.05) is 33.8 Å². The van der Waals surface area contributed by atoms with Gasteiger partial charge in [-0.1, -0.05) is 0 Å². The number of nitrogens with zero attached hydrogens (tertiary/aromatic N) is 5. The summed E-state index contributed by atoms with van der Waals surface area (Å²) in [5.41, 5.74) is 2.44. The van der Waals surface area contributed by atoms with E-state index in [1.54, 1.807) is 34.8 Å². The van der Waals surface area contributed by atoms with Gasteiger partial charge in [0, 0.05) is 23.9 Å². The average molecular weight is 473 g/mol. The van der Waals surface area contributed by atoms with Crippen molar-refractivity contribution in [3.05, 3.63) is 67.3 Å². The highest BCUT2D eigenvalue weighted by Crippen LogP contribution is 2.39. The number of methoxy groups -OCH3 is 4. The Kier molecular flexibility index (Phi) is 5.84. The minimum atomic E-state index is 0.527. The second kappa shape index (κ2) is 9.26. The first kappa shape index (κ1) is 22.1. The van der Waals surface area contributed by atoms with Crippen LogP contribution in [-0.2, 0) is 0 Å². The Hall–Kier alpha value is -4.73. The van der Waals surface area contributed by atoms with E-state index < -0.39 is 0 Å². The van der Waals surface area contributed by atoms with Crippen molar-refractivity contribution >= 4 is 17.4 Å². The monoisotopic (exact) mass is 472 g/mol. The molecular formula is C25H24N6O4. The van der Waals surface area contributed by atoms with E-state index in [1.165, 1.54) is 0 Å². The van der Waals surface area contributed by atoms with E-state index in [9.17, 15) is 0 Å². The summed E-state index contributed by atoms with van der Waals surface area (Å²) in [5, 5.41) is 3.30. The summed E-state index contributed by atoms with van der Waals surface area (Å²) in [6.07, 6.45) is 5.44. The number of fused-ring (bicyclic) bond motifs is 1. The lowest BCUT2D eigenvalue weighted by Crippen LogP contribution is -2.04. The molecule has 3 aromatic heterocycles. The Morgan fingerprint density at radius 2 is 1.57 bits per heavy atom. The lowest BCUT2D eigenvalue weighted by Gasteiger charge is -2.14. The molecule has 35 heavy (non-hydrogen) atoms. The number of anilines is 2. The Labute approximate surface area is 201 Å². The van der Waals surface area contributed by atoms with Gasteiger partial charge in [0.2, 0.25) is 11.7 Å². The van der Waals surface area contributed by atoms with Crippen LogP contribution >= 0.6 is 0 Å². The molecule has 0 amide bonds. The Balaban J connectivity index is 1.49. The number of benzene rings is 2. The van der Waals surface area contributed by atoms with Crippen LogP contribution in [0.3, 0.4) is 0 Å². The Bertz CT molecular complexity index is 1450. The molecule has 0 aliphatic rings. The van der Waals surface area contributed by atoms with Crippen LogP contribution in [0.15, 0.2) is 67.3 Å². The Morgan fingerprint density at radius 3 is 2.23 bits per heavy atom. The van der Waals surface area contributed by atoms with Gasteiger partial charge in [-0.2, -0.15) is 4.98 Å². The lowest BCUT2D eigenvalue weighted by atomic mass is 10.2. The van der Waals surface area contributed by atoms with E-state index in [1.807, 2.05) is 69.9 Å². The van der Waals surface area contributed by atoms with Crippen LogP contribution < -0.4 is 24.3 Å². The molecule has 0 bridgehead atoms. The highest BCUT2D eigenvalue weighted by atomic mass is 16.5. The molecule has 3 heterocycles. The van der Waals surface area contributed by atoms with Gasteiger partial charge in [0.1, 0.15) is 17.7 Å². The highest BCUT2D eigenvalue weighted by Gasteiger charge is 2.15. The smallest absolute Gasteiger partial charge is 0.216 e. The molecule has 0 saturated heterocycles. The lowest BCUT2D eigenvalue weighted by molar-refractivity contribution is 0.324. The molecule has 0 radical (unpaired) electrons. The summed E-state index contributed by atoms with van der Waals surface area (Å²) < 4.78 is 25.3. The van der Waals surface area contributed by atoms with Crippen LogP contribution in [0.25, 0.3) is 22.7 Å². The van der Waals surface area contributed by atoms with E-state index in [0.29, 0.717) is 34.8 Å². The molecule has 1 N–H and O–H groups in total. The fourth-order valence-electron chi connectivity index (χ4n) is 3.75. The molecule has 10 nitrogen and oxygen atoms in total. The van der Waals surface area contributed by atoms with Gasteiger partial charge in [-0.25, -0.2) is 9.97 Å². The van der Waals surface area contributed by atoms with Crippen LogP contribution in [0.1, 0.15) is 0 Å². The molecule has 0 atom stereocenters. The summed E-state index contributed by atoms with van der Waals surface area (Å²) in [5.74, 6) is 4.19. The first-order valence-corrected chi connectivity index (χ1v) is 10.7. The maximum atomic E-state index is 5.47. The van der Waals surface area contributed by atoms with Crippen molar-refractivity contribution in [1.82, 2.24) is 23.9 Å². The second-order valence-corrected chi connectivity index (χ2v) is 7.51. The zero-order valence-electron chi connectivity index (χ0n) is 19.7. The highest BCUT2D eigenvalue weighted by molar-refractivity contribution is 5.64. The fourth-order valence-corrected chi connectivity index (χ4v) is 3.75. The van der Waals surface area contributed by atoms with Gasteiger partial charge in [-0.05, 0) is 36.4 Å². The fraction of sp³-hybridized carbons (Fsp3) is 0.160. The molecule has 0 aliphatic carbocycles. The van der Waals surface area contributed by atoms with Crippen molar-refractivity contribution in [1.29, 1.82) is 0 Å². The Morgan fingerprint density at radius 1 is 0.829 bits per heavy atom. The minimum absolute atomic E-state index is 0.527. The molecule has 0 fully saturated rings. The maximum absolute atomic E-state index is 5.47. The van der Waals surface area contributed by atoms with E-state index in [2.05, 4.69) is 15.3 Å². The maximum Gasteiger partial charge on any atom is 0.216 e. The third kappa shape index (κ3) is 4.17. The molecule has 0 spiro atoms. The molecule has 0 unspecified atom stereocenters. The summed E-state index contributed by atoms with van der Waals surface area (Å²) in [4.78, 5) is 13.9. The van der Waals surface area contributed by atoms with Crippen LogP contribution in [0.2, 0.25) is 0 Å². The van der Waals surface area contributed by atoms with Gasteiger partial charge < -0.3 is 28.8 Å². The van der Waals surface area contributed by atoms with Crippen molar-refractivity contribution in [2.45, 2.75) is 0 Å². The van der Waals surface area contributed by atoms with Crippen LogP contribution in [0.5, 0.6) is 23.0 Å². The van der Waals surface area contributed by atoms with E-state index in [4.69, 9.17) is 23.9 Å². The van der Waals surface area contributed by atoms with E-state index >= 15 is 0 Å². The third-order valence-electron chi connectivity index (χ3n) is 5.51. The molecule has 2 aromatic carbocycles. The van der Waals surface area contributed by atoms with Crippen LogP contribution in [-0.4, -0.2) is 52.4 Å². The average Bonchev–Trinajstić information content (AvgIpc) is 3.57. The van der Waals surface area contributed by atoms with Crippen LogP contribution in [0.4, 0.5) is 11.8 Å². The van der Waals surface area contributed by atoms with Gasteiger partial charge in [0.15, 0.2) is 23.1 Å². The molecule has 0 aliphatic heterocycles. The van der Waals surface area contributed by atoms with E-state index in [-0.39, 0.29) is 0 Å². The topological polar surface area (TPSA) is 97.0 Å². The number of rotatable bonds is 8. The van der Waals surface area contributed by atoms with Gasteiger partial charge in [0.05, 0.1) is 40.3 Å². The van der Waals surface area contributed by atoms with Gasteiger partial charge in [-0.15, -0.1) is 0 Å². The minimum Gasteiger partial charge on any atom is -0.497 e. The van der Waals surface area contributed by atoms with Crippen LogP contribution in [0, 0.1) is 0 Å². The largest absolute Gasteiger partial charge is 0.497 e. The molecule has 10 heteroatoms. The number of ether oxygens (including phenoxy) is 4.